The van der Waals surface area contributed by atoms with Crippen molar-refractivity contribution < 1.29 is 0 Å². The Bertz CT molecular complexity index is 1030. The van der Waals surface area contributed by atoms with Crippen molar-refractivity contribution in [3.05, 3.63) is 69.8 Å². The summed E-state index contributed by atoms with van der Waals surface area (Å²) in [5, 5.41) is 26.4. The van der Waals surface area contributed by atoms with Crippen molar-refractivity contribution in [2.45, 2.75) is 12.8 Å². The molecule has 0 aliphatic rings. The minimum Gasteiger partial charge on any atom is -0.384 e. The van der Waals surface area contributed by atoms with E-state index in [1.54, 1.807) is 10.7 Å². The number of hydrogen-bond donors (Lipinski definition) is 2. The zero-order valence-electron chi connectivity index (χ0n) is 14.5. The maximum absolute atomic E-state index is 9.45. The van der Waals surface area contributed by atoms with Crippen molar-refractivity contribution in [2.75, 3.05) is 17.6 Å². The Morgan fingerprint density at radius 2 is 1.89 bits per heavy atom. The molecule has 6 nitrogen and oxygen atoms in total. The largest absolute Gasteiger partial charge is 0.384 e. The molecule has 0 spiro atoms. The third-order valence-corrected chi connectivity index (χ3v) is 4.61. The van der Waals surface area contributed by atoms with E-state index in [2.05, 4.69) is 38.5 Å². The SMILES string of the molecule is N#Cc1cc(Br)ccc1NCCCc1nn(-c2ccccc2)c(N)c1C#N. The smallest absolute Gasteiger partial charge is 0.145 e. The highest BCUT2D eigenvalue weighted by Crippen LogP contribution is 2.22. The van der Waals surface area contributed by atoms with E-state index in [1.165, 1.54) is 0 Å². The molecule has 1 aromatic heterocycles. The zero-order valence-corrected chi connectivity index (χ0v) is 16.1. The second kappa shape index (κ2) is 8.39. The van der Waals surface area contributed by atoms with Gasteiger partial charge in [0.15, 0.2) is 0 Å². The van der Waals surface area contributed by atoms with Crippen LogP contribution in [-0.4, -0.2) is 16.3 Å². The lowest BCUT2D eigenvalue weighted by atomic mass is 10.1. The Balaban J connectivity index is 1.69. The van der Waals surface area contributed by atoms with Crippen LogP contribution in [0.2, 0.25) is 0 Å². The molecule has 0 saturated carbocycles. The first-order valence-electron chi connectivity index (χ1n) is 8.40. The quantitative estimate of drug-likeness (QED) is 0.586. The Hall–Kier alpha value is -3.29. The normalized spacial score (nSPS) is 10.2. The number of para-hydroxylation sites is 1. The molecule has 27 heavy (non-hydrogen) atoms. The minimum absolute atomic E-state index is 0.353. The van der Waals surface area contributed by atoms with Crippen molar-refractivity contribution in [3.8, 4) is 17.8 Å². The van der Waals surface area contributed by atoms with Gasteiger partial charge in [-0.2, -0.15) is 15.6 Å². The predicted octanol–water partition coefficient (Wildman–Crippen LogP) is 4.01. The summed E-state index contributed by atoms with van der Waals surface area (Å²) in [5.74, 6) is 0.353. The van der Waals surface area contributed by atoms with Crippen LogP contribution in [0.25, 0.3) is 5.69 Å². The van der Waals surface area contributed by atoms with E-state index in [9.17, 15) is 10.5 Å². The Morgan fingerprint density at radius 1 is 1.11 bits per heavy atom. The van der Waals surface area contributed by atoms with Crippen molar-refractivity contribution in [1.29, 1.82) is 10.5 Å². The van der Waals surface area contributed by atoms with E-state index >= 15 is 0 Å². The number of nitriles is 2. The molecular formula is C20H17BrN6. The monoisotopic (exact) mass is 420 g/mol. The molecule has 0 saturated heterocycles. The number of nitrogens with zero attached hydrogens (tertiary/aromatic N) is 4. The van der Waals surface area contributed by atoms with Gasteiger partial charge >= 0.3 is 0 Å². The van der Waals surface area contributed by atoms with Crippen LogP contribution in [-0.2, 0) is 6.42 Å². The number of rotatable bonds is 6. The minimum atomic E-state index is 0.353. The van der Waals surface area contributed by atoms with Crippen LogP contribution in [0.1, 0.15) is 23.2 Å². The van der Waals surface area contributed by atoms with E-state index in [-0.39, 0.29) is 0 Å². The molecular weight excluding hydrogens is 404 g/mol. The summed E-state index contributed by atoms with van der Waals surface area (Å²) in [4.78, 5) is 0. The summed E-state index contributed by atoms with van der Waals surface area (Å²) < 4.78 is 2.47. The number of nitrogens with one attached hydrogen (secondary N) is 1. The zero-order chi connectivity index (χ0) is 19.2. The van der Waals surface area contributed by atoms with Gasteiger partial charge in [-0.3, -0.25) is 0 Å². The molecule has 0 unspecified atom stereocenters. The fourth-order valence-electron chi connectivity index (χ4n) is 2.78. The van der Waals surface area contributed by atoms with Gasteiger partial charge < -0.3 is 11.1 Å². The molecule has 3 aromatic rings. The fourth-order valence-corrected chi connectivity index (χ4v) is 3.14. The van der Waals surface area contributed by atoms with Gasteiger partial charge in [-0.1, -0.05) is 34.1 Å². The second-order valence-corrected chi connectivity index (χ2v) is 6.81. The van der Waals surface area contributed by atoms with Gasteiger partial charge in [0.25, 0.3) is 0 Å². The van der Waals surface area contributed by atoms with E-state index < -0.39 is 0 Å². The lowest BCUT2D eigenvalue weighted by Gasteiger charge is -2.08. The summed E-state index contributed by atoms with van der Waals surface area (Å²) in [6, 6.07) is 19.4. The Morgan fingerprint density at radius 3 is 2.59 bits per heavy atom. The van der Waals surface area contributed by atoms with Crippen LogP contribution >= 0.6 is 15.9 Å². The van der Waals surface area contributed by atoms with Crippen molar-refractivity contribution in [3.63, 3.8) is 0 Å². The third kappa shape index (κ3) is 4.11. The molecule has 0 atom stereocenters. The van der Waals surface area contributed by atoms with Crippen LogP contribution < -0.4 is 11.1 Å². The van der Waals surface area contributed by atoms with Crippen LogP contribution in [0.4, 0.5) is 11.5 Å². The lowest BCUT2D eigenvalue weighted by molar-refractivity contribution is 0.790. The van der Waals surface area contributed by atoms with E-state index in [0.717, 1.165) is 22.3 Å². The van der Waals surface area contributed by atoms with Crippen LogP contribution in [0.3, 0.4) is 0 Å². The highest BCUT2D eigenvalue weighted by atomic mass is 79.9. The first-order valence-corrected chi connectivity index (χ1v) is 9.19. The second-order valence-electron chi connectivity index (χ2n) is 5.90. The molecule has 134 valence electrons. The molecule has 3 N–H and O–H groups in total. The molecule has 7 heteroatoms. The van der Waals surface area contributed by atoms with Crippen molar-refractivity contribution >= 4 is 27.4 Å². The van der Waals surface area contributed by atoms with E-state index in [0.29, 0.717) is 35.6 Å². The van der Waals surface area contributed by atoms with Gasteiger partial charge in [0.1, 0.15) is 23.5 Å². The van der Waals surface area contributed by atoms with Crippen LogP contribution in [0, 0.1) is 22.7 Å². The summed E-state index contributed by atoms with van der Waals surface area (Å²) in [6.07, 6.45) is 1.36. The van der Waals surface area contributed by atoms with Crippen molar-refractivity contribution in [1.82, 2.24) is 9.78 Å². The number of hydrogen-bond acceptors (Lipinski definition) is 5. The number of halogens is 1. The molecule has 0 radical (unpaired) electrons. The summed E-state index contributed by atoms with van der Waals surface area (Å²) in [6.45, 7) is 0.652. The standard InChI is InChI=1S/C20H17BrN6/c21-15-8-9-18(14(11-15)12-22)25-10-4-7-19-17(13-23)20(24)27(26-19)16-5-2-1-3-6-16/h1-3,5-6,8-9,11,25H,4,7,10,24H2. The number of anilines is 2. The van der Waals surface area contributed by atoms with Crippen LogP contribution in [0.15, 0.2) is 53.0 Å². The fraction of sp³-hybridized carbons (Fsp3) is 0.150. The number of aromatic nitrogens is 2. The highest BCUT2D eigenvalue weighted by Gasteiger charge is 2.16. The van der Waals surface area contributed by atoms with Gasteiger partial charge in [-0.05, 0) is 43.2 Å². The number of nitrogens with two attached hydrogens (primary N) is 1. The maximum Gasteiger partial charge on any atom is 0.145 e. The molecule has 2 aromatic carbocycles. The third-order valence-electron chi connectivity index (χ3n) is 4.11. The molecule has 0 amide bonds. The summed E-state index contributed by atoms with van der Waals surface area (Å²) in [7, 11) is 0. The number of nitrogen functional groups attached to an aromatic ring is 1. The van der Waals surface area contributed by atoms with Crippen LogP contribution in [0.5, 0.6) is 0 Å². The summed E-state index contributed by atoms with van der Waals surface area (Å²) in [5.41, 5.74) is 9.40. The lowest BCUT2D eigenvalue weighted by Crippen LogP contribution is -2.05. The molecule has 3 rings (SSSR count). The number of benzene rings is 2. The predicted molar refractivity (Wildman–Crippen MR) is 108 cm³/mol. The van der Waals surface area contributed by atoms with E-state index in [4.69, 9.17) is 5.73 Å². The molecule has 0 aliphatic heterocycles. The highest BCUT2D eigenvalue weighted by molar-refractivity contribution is 9.10. The van der Waals surface area contributed by atoms with Gasteiger partial charge in [0.05, 0.1) is 22.6 Å². The van der Waals surface area contributed by atoms with Gasteiger partial charge in [-0.15, -0.1) is 0 Å². The van der Waals surface area contributed by atoms with E-state index in [1.807, 2.05) is 42.5 Å². The average Bonchev–Trinajstić information content (AvgIpc) is 3.02. The molecule has 0 aliphatic carbocycles. The molecule has 0 fully saturated rings. The molecule has 1 heterocycles. The maximum atomic E-state index is 9.45. The Labute approximate surface area is 166 Å². The van der Waals surface area contributed by atoms with Crippen molar-refractivity contribution in [2.24, 2.45) is 0 Å². The average molecular weight is 421 g/mol. The first-order chi connectivity index (χ1) is 13.1. The van der Waals surface area contributed by atoms with Gasteiger partial charge in [0, 0.05) is 11.0 Å². The van der Waals surface area contributed by atoms with Gasteiger partial charge in [0.2, 0.25) is 0 Å². The summed E-state index contributed by atoms with van der Waals surface area (Å²) >= 11 is 3.36. The topological polar surface area (TPSA) is 103 Å². The Kier molecular flexibility index (Phi) is 5.75. The molecule has 0 bridgehead atoms. The van der Waals surface area contributed by atoms with Gasteiger partial charge in [-0.25, -0.2) is 4.68 Å². The number of aryl methyl sites for hydroxylation is 1. The first kappa shape index (κ1) is 18.5.